The van der Waals surface area contributed by atoms with Crippen LogP contribution in [-0.2, 0) is 21.8 Å². The molecular weight excluding hydrogens is 822 g/mol. The van der Waals surface area contributed by atoms with E-state index in [0.717, 1.165) is 25.7 Å². The Morgan fingerprint density at radius 3 is 2.36 bits per heavy atom. The minimum absolute atomic E-state index is 0.00270. The summed E-state index contributed by atoms with van der Waals surface area (Å²) >= 11 is 7.42. The van der Waals surface area contributed by atoms with E-state index in [1.54, 1.807) is 54.6 Å². The van der Waals surface area contributed by atoms with Crippen molar-refractivity contribution in [2.24, 2.45) is 5.92 Å². The molecule has 1 aromatic heterocycles. The number of phenols is 1. The molecule has 2 N–H and O–H groups in total. The van der Waals surface area contributed by atoms with E-state index in [4.69, 9.17) is 21.1 Å². The second-order valence-corrected chi connectivity index (χ2v) is 16.4. The number of rotatable bonds is 23. The Morgan fingerprint density at radius 2 is 1.66 bits per heavy atom. The van der Waals surface area contributed by atoms with E-state index in [-0.39, 0.29) is 48.4 Å². The number of hydrogen-bond donors (Lipinski definition) is 2. The van der Waals surface area contributed by atoms with Crippen molar-refractivity contribution >= 4 is 69.2 Å². The van der Waals surface area contributed by atoms with Gasteiger partial charge in [-0.2, -0.15) is 0 Å². The number of para-hydroxylation sites is 1. The lowest BCUT2D eigenvalue weighted by Crippen LogP contribution is -2.34. The Bertz CT molecular complexity index is 2290. The van der Waals surface area contributed by atoms with Gasteiger partial charge in [-0.15, -0.1) is 5.10 Å². The molecule has 2 amide bonds. The Hall–Kier alpha value is -5.74. The minimum Gasteiger partial charge on any atom is -0.506 e. The molecule has 324 valence electrons. The SMILES string of the molecule is CCCCCCCCCCCCN(C(=O)Oc1ccc(CSc2nnnn2CC(=O)OCC(C)C)cc1[N+](=O)[O-])c1cccc2c(O)c(C(=O)Nc3ccccc3Cl)ccc12. The molecule has 0 saturated carbocycles. The normalized spacial score (nSPS) is 11.2. The number of fused-ring (bicyclic) bond motifs is 1. The Balaban J connectivity index is 1.34. The van der Waals surface area contributed by atoms with Gasteiger partial charge in [-0.3, -0.25) is 24.6 Å². The molecule has 0 aliphatic carbocycles. The van der Waals surface area contributed by atoms with Gasteiger partial charge in [0.25, 0.3) is 5.91 Å². The minimum atomic E-state index is -0.850. The quantitative estimate of drug-likeness (QED) is 0.0208. The third-order valence-electron chi connectivity index (χ3n) is 9.76. The average Bonchev–Trinajstić information content (AvgIpc) is 3.68. The number of carbonyl (C=O) groups is 3. The van der Waals surface area contributed by atoms with Gasteiger partial charge in [-0.1, -0.05) is 138 Å². The number of carbonyl (C=O) groups excluding carboxylic acids is 3. The largest absolute Gasteiger partial charge is 0.506 e. The van der Waals surface area contributed by atoms with Gasteiger partial charge in [-0.25, -0.2) is 9.48 Å². The number of benzene rings is 4. The van der Waals surface area contributed by atoms with Crippen molar-refractivity contribution in [1.82, 2.24) is 20.2 Å². The highest BCUT2D eigenvalue weighted by molar-refractivity contribution is 7.98. The Morgan fingerprint density at radius 1 is 0.934 bits per heavy atom. The molecule has 0 atom stereocenters. The first kappa shape index (κ1) is 46.3. The number of aromatic hydroxyl groups is 1. The maximum Gasteiger partial charge on any atom is 0.420 e. The summed E-state index contributed by atoms with van der Waals surface area (Å²) in [5, 5.41) is 39.4. The zero-order chi connectivity index (χ0) is 43.7. The van der Waals surface area contributed by atoms with Gasteiger partial charge >= 0.3 is 17.7 Å². The summed E-state index contributed by atoms with van der Waals surface area (Å²) in [4.78, 5) is 52.9. The molecule has 4 aromatic carbocycles. The Kier molecular flexibility index (Phi) is 17.7. The van der Waals surface area contributed by atoms with Gasteiger partial charge in [0, 0.05) is 29.1 Å². The molecule has 15 nitrogen and oxygen atoms in total. The molecule has 0 spiro atoms. The zero-order valence-corrected chi connectivity index (χ0v) is 36.3. The molecule has 0 fully saturated rings. The molecule has 17 heteroatoms. The van der Waals surface area contributed by atoms with Gasteiger partial charge in [-0.05, 0) is 58.7 Å². The highest BCUT2D eigenvalue weighted by atomic mass is 35.5. The fraction of sp³-hybridized carbons (Fsp3) is 0.409. The molecule has 0 saturated heterocycles. The number of nitrogens with zero attached hydrogens (tertiary/aromatic N) is 6. The van der Waals surface area contributed by atoms with Crippen LogP contribution in [0.25, 0.3) is 10.8 Å². The van der Waals surface area contributed by atoms with Crippen molar-refractivity contribution in [2.45, 2.75) is 102 Å². The summed E-state index contributed by atoms with van der Waals surface area (Å²) in [7, 11) is 0. The lowest BCUT2D eigenvalue weighted by atomic mass is 10.0. The lowest BCUT2D eigenvalue weighted by molar-refractivity contribution is -0.385. The second kappa shape index (κ2) is 23.3. The number of anilines is 2. The predicted molar refractivity (Wildman–Crippen MR) is 237 cm³/mol. The molecule has 0 radical (unpaired) electrons. The molecule has 5 aromatic rings. The van der Waals surface area contributed by atoms with Crippen LogP contribution in [0.1, 0.15) is 101 Å². The molecule has 0 aliphatic rings. The van der Waals surface area contributed by atoms with E-state index in [1.807, 2.05) is 13.8 Å². The van der Waals surface area contributed by atoms with Crippen molar-refractivity contribution in [3.63, 3.8) is 0 Å². The molecule has 0 aliphatic heterocycles. The van der Waals surface area contributed by atoms with Crippen LogP contribution in [0.15, 0.2) is 78.0 Å². The number of ether oxygens (including phenoxy) is 2. The summed E-state index contributed by atoms with van der Waals surface area (Å²) in [6, 6.07) is 19.2. The lowest BCUT2D eigenvalue weighted by Gasteiger charge is -2.24. The van der Waals surface area contributed by atoms with E-state index < -0.39 is 28.6 Å². The van der Waals surface area contributed by atoms with Crippen LogP contribution in [0, 0.1) is 16.0 Å². The molecule has 61 heavy (non-hydrogen) atoms. The van der Waals surface area contributed by atoms with Crippen molar-refractivity contribution in [3.8, 4) is 11.5 Å². The van der Waals surface area contributed by atoms with Gasteiger partial charge in [0.2, 0.25) is 10.9 Å². The van der Waals surface area contributed by atoms with E-state index in [0.29, 0.717) is 44.3 Å². The van der Waals surface area contributed by atoms with Crippen molar-refractivity contribution in [3.05, 3.63) is 99.1 Å². The van der Waals surface area contributed by atoms with Crippen LogP contribution in [0.2, 0.25) is 5.02 Å². The molecule has 5 rings (SSSR count). The number of tetrazole rings is 1. The number of halogens is 1. The van der Waals surface area contributed by atoms with E-state index in [2.05, 4.69) is 27.8 Å². The summed E-state index contributed by atoms with van der Waals surface area (Å²) in [6.45, 7) is 6.35. The molecule has 0 bridgehead atoms. The van der Waals surface area contributed by atoms with Crippen LogP contribution >= 0.6 is 23.4 Å². The number of thioether (sulfide) groups is 1. The number of nitro benzene ring substituents is 1. The number of amides is 2. The van der Waals surface area contributed by atoms with E-state index >= 15 is 0 Å². The third-order valence-corrected chi connectivity index (χ3v) is 11.1. The number of nitro groups is 1. The van der Waals surface area contributed by atoms with Crippen molar-refractivity contribution < 1.29 is 33.9 Å². The first-order valence-electron chi connectivity index (χ1n) is 20.6. The first-order chi connectivity index (χ1) is 29.5. The maximum absolute atomic E-state index is 14.2. The number of hydrogen-bond acceptors (Lipinski definition) is 12. The topological polar surface area (TPSA) is 192 Å². The van der Waals surface area contributed by atoms with Gasteiger partial charge in [0.1, 0.15) is 12.3 Å². The molecule has 1 heterocycles. The summed E-state index contributed by atoms with van der Waals surface area (Å²) in [6.07, 6.45) is 9.96. The first-order valence-corrected chi connectivity index (χ1v) is 21.9. The predicted octanol–water partition coefficient (Wildman–Crippen LogP) is 10.8. The standard InChI is InChI=1S/C44H52ClN7O8S/c1-4-5-6-7-8-9-10-11-12-15-25-50(37-20-16-17-33-32(37)22-23-34(41(33)54)42(55)46-36-19-14-13-18-35(36)45)44(56)60-39-24-21-31(26-38(39)52(57)58)29-61-43-47-48-49-51(43)27-40(53)59-28-30(2)3/h13-14,16-24,26,30,54H,4-12,15,25,27-29H2,1-3H3,(H,46,55). The molecular formula is C44H52ClN7O8S. The number of aromatic nitrogens is 4. The van der Waals surface area contributed by atoms with E-state index in [1.165, 1.54) is 71.6 Å². The van der Waals surface area contributed by atoms with Crippen LogP contribution in [0.5, 0.6) is 11.5 Å². The maximum atomic E-state index is 14.2. The number of unbranched alkanes of at least 4 members (excludes halogenated alkanes) is 9. The number of phenolic OH excluding ortho intramolecular Hbond substituents is 1. The van der Waals surface area contributed by atoms with Crippen molar-refractivity contribution in [2.75, 3.05) is 23.4 Å². The fourth-order valence-electron chi connectivity index (χ4n) is 6.57. The highest BCUT2D eigenvalue weighted by Gasteiger charge is 2.26. The number of nitrogens with one attached hydrogen (secondary N) is 1. The van der Waals surface area contributed by atoms with Crippen LogP contribution in [-0.4, -0.2) is 61.4 Å². The summed E-state index contributed by atoms with van der Waals surface area (Å²) in [5.41, 5.74) is 0.879. The average molecular weight is 874 g/mol. The molecule has 0 unspecified atom stereocenters. The van der Waals surface area contributed by atoms with Crippen molar-refractivity contribution in [1.29, 1.82) is 0 Å². The van der Waals surface area contributed by atoms with Crippen LogP contribution in [0.4, 0.5) is 21.9 Å². The van der Waals surface area contributed by atoms with Crippen LogP contribution < -0.4 is 15.0 Å². The second-order valence-electron chi connectivity index (χ2n) is 15.0. The highest BCUT2D eigenvalue weighted by Crippen LogP contribution is 2.37. The monoisotopic (exact) mass is 873 g/mol. The fourth-order valence-corrected chi connectivity index (χ4v) is 7.57. The number of esters is 1. The van der Waals surface area contributed by atoms with E-state index in [9.17, 15) is 29.6 Å². The smallest absolute Gasteiger partial charge is 0.420 e. The zero-order valence-electron chi connectivity index (χ0n) is 34.7. The third kappa shape index (κ3) is 13.4. The van der Waals surface area contributed by atoms with Gasteiger partial charge in [0.15, 0.2) is 0 Å². The van der Waals surface area contributed by atoms with Gasteiger partial charge in [0.05, 0.1) is 33.5 Å². The summed E-state index contributed by atoms with van der Waals surface area (Å²) < 4.78 is 12.3. The summed E-state index contributed by atoms with van der Waals surface area (Å²) in [5.74, 6) is -1.24. The Labute approximate surface area is 364 Å². The van der Waals surface area contributed by atoms with Gasteiger partial charge < -0.3 is 19.9 Å². The van der Waals surface area contributed by atoms with Crippen LogP contribution in [0.3, 0.4) is 0 Å².